The molecule has 3 aromatic carbocycles. The van der Waals surface area contributed by atoms with Gasteiger partial charge in [0.25, 0.3) is 11.8 Å². The van der Waals surface area contributed by atoms with Crippen LogP contribution in [-0.4, -0.2) is 31.1 Å². The SMILES string of the molecule is O=C(Nc1cc(NC2COC2)cc2c1C(c1cc(F)ccc1Cl)NC2=O)c1cc(F)cc(C(F)(F)F)c1. The lowest BCUT2D eigenvalue weighted by atomic mass is 9.95. The second-order valence-electron chi connectivity index (χ2n) is 8.62. The highest BCUT2D eigenvalue weighted by atomic mass is 35.5. The van der Waals surface area contributed by atoms with Gasteiger partial charge in [-0.1, -0.05) is 11.6 Å². The number of rotatable bonds is 5. The summed E-state index contributed by atoms with van der Waals surface area (Å²) in [5.74, 6) is -3.43. The van der Waals surface area contributed by atoms with Crippen LogP contribution in [0.3, 0.4) is 0 Å². The van der Waals surface area contributed by atoms with Crippen molar-refractivity contribution >= 4 is 34.8 Å². The zero-order valence-corrected chi connectivity index (χ0v) is 19.4. The molecule has 1 atom stereocenters. The van der Waals surface area contributed by atoms with Crippen LogP contribution in [0.5, 0.6) is 0 Å². The van der Waals surface area contributed by atoms with E-state index < -0.39 is 46.8 Å². The highest BCUT2D eigenvalue weighted by Crippen LogP contribution is 2.41. The largest absolute Gasteiger partial charge is 0.416 e. The van der Waals surface area contributed by atoms with Crippen molar-refractivity contribution in [1.82, 2.24) is 5.32 Å². The maximum absolute atomic E-state index is 14.0. The second kappa shape index (κ2) is 9.31. The van der Waals surface area contributed by atoms with Crippen LogP contribution >= 0.6 is 11.6 Å². The van der Waals surface area contributed by atoms with Crippen molar-refractivity contribution in [2.24, 2.45) is 0 Å². The zero-order chi connectivity index (χ0) is 26.5. The standard InChI is InChI=1S/C25H17ClF5N3O3/c26-19-2-1-13(27)6-17(19)22-21-18(24(36)34-22)7-15(32-16-9-37-10-16)8-20(21)33-23(35)11-3-12(25(29,30)31)5-14(28)4-11/h1-8,16,22,32H,9-10H2,(H,33,35)(H,34,36). The van der Waals surface area contributed by atoms with Gasteiger partial charge in [-0.2, -0.15) is 13.2 Å². The van der Waals surface area contributed by atoms with Gasteiger partial charge in [-0.15, -0.1) is 0 Å². The van der Waals surface area contributed by atoms with Gasteiger partial charge < -0.3 is 20.7 Å². The summed E-state index contributed by atoms with van der Waals surface area (Å²) in [5, 5.41) is 8.48. The topological polar surface area (TPSA) is 79.5 Å². The first kappa shape index (κ1) is 25.0. The minimum absolute atomic E-state index is 0.0479. The van der Waals surface area contributed by atoms with Gasteiger partial charge in [0.2, 0.25) is 0 Å². The van der Waals surface area contributed by atoms with Crippen molar-refractivity contribution in [1.29, 1.82) is 0 Å². The molecule has 1 unspecified atom stereocenters. The Hall–Kier alpha value is -3.70. The monoisotopic (exact) mass is 537 g/mol. The molecule has 37 heavy (non-hydrogen) atoms. The van der Waals surface area contributed by atoms with Crippen molar-refractivity contribution in [2.75, 3.05) is 23.8 Å². The molecule has 0 spiro atoms. The molecule has 0 bridgehead atoms. The Morgan fingerprint density at radius 1 is 1.03 bits per heavy atom. The Bertz CT molecular complexity index is 1430. The number of halogens is 6. The van der Waals surface area contributed by atoms with E-state index in [0.717, 1.165) is 12.1 Å². The second-order valence-corrected chi connectivity index (χ2v) is 9.02. The highest BCUT2D eigenvalue weighted by Gasteiger charge is 2.36. The van der Waals surface area contributed by atoms with Gasteiger partial charge >= 0.3 is 6.18 Å². The lowest BCUT2D eigenvalue weighted by molar-refractivity contribution is -0.137. The van der Waals surface area contributed by atoms with E-state index >= 15 is 0 Å². The number of amides is 2. The van der Waals surface area contributed by atoms with Crippen molar-refractivity contribution < 1.29 is 36.3 Å². The smallest absolute Gasteiger partial charge is 0.378 e. The van der Waals surface area contributed by atoms with Crippen molar-refractivity contribution in [3.8, 4) is 0 Å². The molecule has 192 valence electrons. The summed E-state index contributed by atoms with van der Waals surface area (Å²) in [5.41, 5.74) is -0.850. The number of ether oxygens (including phenoxy) is 1. The Morgan fingerprint density at radius 2 is 1.78 bits per heavy atom. The predicted molar refractivity (Wildman–Crippen MR) is 125 cm³/mol. The average Bonchev–Trinajstić information content (AvgIpc) is 3.13. The molecule has 2 aliphatic heterocycles. The first-order chi connectivity index (χ1) is 17.5. The predicted octanol–water partition coefficient (Wildman–Crippen LogP) is 5.53. The maximum atomic E-state index is 14.0. The normalized spacial score (nSPS) is 17.1. The number of carbonyl (C=O) groups is 2. The van der Waals surface area contributed by atoms with Crippen LogP contribution in [0.1, 0.15) is 43.4 Å². The molecule has 12 heteroatoms. The van der Waals surface area contributed by atoms with Crippen molar-refractivity contribution in [3.63, 3.8) is 0 Å². The van der Waals surface area contributed by atoms with Crippen LogP contribution < -0.4 is 16.0 Å². The van der Waals surface area contributed by atoms with Crippen LogP contribution in [0.15, 0.2) is 48.5 Å². The first-order valence-electron chi connectivity index (χ1n) is 11.0. The van der Waals surface area contributed by atoms with Gasteiger partial charge in [0.1, 0.15) is 11.6 Å². The van der Waals surface area contributed by atoms with Crippen LogP contribution in [0.25, 0.3) is 0 Å². The van der Waals surface area contributed by atoms with E-state index in [1.54, 1.807) is 0 Å². The molecule has 2 heterocycles. The fourth-order valence-corrected chi connectivity index (χ4v) is 4.45. The van der Waals surface area contributed by atoms with Crippen LogP contribution in [0.4, 0.5) is 33.3 Å². The molecular weight excluding hydrogens is 521 g/mol. The quantitative estimate of drug-likeness (QED) is 0.374. The van der Waals surface area contributed by atoms with E-state index in [4.69, 9.17) is 16.3 Å². The molecule has 6 nitrogen and oxygen atoms in total. The minimum Gasteiger partial charge on any atom is -0.378 e. The third kappa shape index (κ3) is 4.96. The van der Waals surface area contributed by atoms with Crippen molar-refractivity contribution in [2.45, 2.75) is 18.3 Å². The van der Waals surface area contributed by atoms with Gasteiger partial charge in [-0.3, -0.25) is 9.59 Å². The number of hydrogen-bond acceptors (Lipinski definition) is 4. The fraction of sp³-hybridized carbons (Fsp3) is 0.200. The molecule has 3 aromatic rings. The number of fused-ring (bicyclic) bond motifs is 1. The fourth-order valence-electron chi connectivity index (χ4n) is 4.22. The summed E-state index contributed by atoms with van der Waals surface area (Å²) >= 11 is 6.27. The van der Waals surface area contributed by atoms with Gasteiger partial charge in [0, 0.05) is 38.7 Å². The lowest BCUT2D eigenvalue weighted by Gasteiger charge is -2.28. The molecule has 0 radical (unpaired) electrons. The van der Waals surface area contributed by atoms with E-state index in [1.807, 2.05) is 0 Å². The number of alkyl halides is 3. The molecule has 2 aliphatic rings. The Labute approximate surface area is 211 Å². The third-order valence-electron chi connectivity index (χ3n) is 6.00. The molecule has 1 saturated heterocycles. The van der Waals surface area contributed by atoms with E-state index in [1.165, 1.54) is 18.2 Å². The van der Waals surface area contributed by atoms with Gasteiger partial charge in [0.15, 0.2) is 0 Å². The van der Waals surface area contributed by atoms with E-state index in [2.05, 4.69) is 16.0 Å². The highest BCUT2D eigenvalue weighted by molar-refractivity contribution is 6.31. The molecular formula is C25H17ClF5N3O3. The summed E-state index contributed by atoms with van der Waals surface area (Å²) in [6, 6.07) is 7.06. The maximum Gasteiger partial charge on any atom is 0.416 e. The van der Waals surface area contributed by atoms with Crippen LogP contribution in [0, 0.1) is 11.6 Å². The summed E-state index contributed by atoms with van der Waals surface area (Å²) in [7, 11) is 0. The van der Waals surface area contributed by atoms with E-state index in [-0.39, 0.29) is 39.5 Å². The zero-order valence-electron chi connectivity index (χ0n) is 18.7. The van der Waals surface area contributed by atoms with E-state index in [9.17, 15) is 31.5 Å². The molecule has 5 rings (SSSR count). The number of anilines is 2. The van der Waals surface area contributed by atoms with Crippen molar-refractivity contribution in [3.05, 3.63) is 93.0 Å². The molecule has 0 aromatic heterocycles. The van der Waals surface area contributed by atoms with Gasteiger partial charge in [-0.25, -0.2) is 8.78 Å². The summed E-state index contributed by atoms with van der Waals surface area (Å²) in [6.07, 6.45) is -4.87. The minimum atomic E-state index is -4.87. The Kier molecular flexibility index (Phi) is 6.28. The molecule has 2 amide bonds. The Morgan fingerprint density at radius 3 is 2.46 bits per heavy atom. The number of carbonyl (C=O) groups excluding carboxylic acids is 2. The van der Waals surface area contributed by atoms with Gasteiger partial charge in [-0.05, 0) is 48.5 Å². The molecule has 3 N–H and O–H groups in total. The van der Waals surface area contributed by atoms with Crippen LogP contribution in [-0.2, 0) is 10.9 Å². The summed E-state index contributed by atoms with van der Waals surface area (Å²) in [6.45, 7) is 0.825. The number of benzene rings is 3. The molecule has 1 fully saturated rings. The number of hydrogen-bond donors (Lipinski definition) is 3. The third-order valence-corrected chi connectivity index (χ3v) is 6.35. The molecule has 0 aliphatic carbocycles. The van der Waals surface area contributed by atoms with Gasteiger partial charge in [0.05, 0.1) is 30.9 Å². The lowest BCUT2D eigenvalue weighted by Crippen LogP contribution is -2.40. The Balaban J connectivity index is 1.59. The average molecular weight is 538 g/mol. The van der Waals surface area contributed by atoms with E-state index in [0.29, 0.717) is 31.0 Å². The van der Waals surface area contributed by atoms with Crippen LogP contribution in [0.2, 0.25) is 5.02 Å². The summed E-state index contributed by atoms with van der Waals surface area (Å²) < 4.78 is 72.6. The first-order valence-corrected chi connectivity index (χ1v) is 11.3. The number of nitrogens with one attached hydrogen (secondary N) is 3. The molecule has 0 saturated carbocycles. The summed E-state index contributed by atoms with van der Waals surface area (Å²) in [4.78, 5) is 25.9.